The number of sulfone groups is 1. The summed E-state index contributed by atoms with van der Waals surface area (Å²) in [6.45, 7) is 4.74. The van der Waals surface area contributed by atoms with Crippen molar-refractivity contribution in [2.45, 2.75) is 38.5 Å². The molecule has 86 valence electrons. The Hall–Kier alpha value is -1.09. The van der Waals surface area contributed by atoms with Gasteiger partial charge in [-0.25, -0.2) is 8.42 Å². The van der Waals surface area contributed by atoms with Crippen molar-refractivity contribution < 1.29 is 17.9 Å². The molecule has 0 aliphatic rings. The van der Waals surface area contributed by atoms with E-state index < -0.39 is 26.8 Å². The summed E-state index contributed by atoms with van der Waals surface area (Å²) in [4.78, 5) is 11.3. The van der Waals surface area contributed by atoms with E-state index in [-0.39, 0.29) is 6.10 Å². The molecule has 0 N–H and O–H groups in total. The van der Waals surface area contributed by atoms with Crippen LogP contribution in [-0.4, -0.2) is 31.5 Å². The Morgan fingerprint density at radius 1 is 1.47 bits per heavy atom. The molecule has 2 atom stereocenters. The van der Waals surface area contributed by atoms with Gasteiger partial charge in [0.1, 0.15) is 5.75 Å². The molecule has 0 spiro atoms. The van der Waals surface area contributed by atoms with Crippen molar-refractivity contribution in [3.63, 3.8) is 0 Å². The molecule has 0 rings (SSSR count). The molecule has 0 heterocycles. The maximum Gasteiger partial charge on any atom is 0.324 e. The second-order valence-corrected chi connectivity index (χ2v) is 5.58. The van der Waals surface area contributed by atoms with Crippen LogP contribution < -0.4 is 0 Å². The van der Waals surface area contributed by atoms with Gasteiger partial charge in [0.15, 0.2) is 15.1 Å². The zero-order valence-electron chi connectivity index (χ0n) is 9.06. The molecule has 5 nitrogen and oxygen atoms in total. The van der Waals surface area contributed by atoms with Gasteiger partial charge in [0.25, 0.3) is 0 Å². The fourth-order valence-electron chi connectivity index (χ4n) is 0.739. The first-order valence-corrected chi connectivity index (χ1v) is 6.35. The minimum Gasteiger partial charge on any atom is -0.462 e. The van der Waals surface area contributed by atoms with Crippen LogP contribution in [0.1, 0.15) is 27.2 Å². The number of hydrogen-bond acceptors (Lipinski definition) is 5. The quantitative estimate of drug-likeness (QED) is 0.651. The van der Waals surface area contributed by atoms with Gasteiger partial charge < -0.3 is 4.74 Å². The molecule has 0 aliphatic carbocycles. The van der Waals surface area contributed by atoms with E-state index >= 15 is 0 Å². The summed E-state index contributed by atoms with van der Waals surface area (Å²) in [7, 11) is -3.70. The van der Waals surface area contributed by atoms with Gasteiger partial charge in [0, 0.05) is 0 Å². The molecule has 6 heteroatoms. The highest BCUT2D eigenvalue weighted by Crippen LogP contribution is 2.07. The van der Waals surface area contributed by atoms with Crippen LogP contribution in [0.3, 0.4) is 0 Å². The second kappa shape index (κ2) is 5.71. The van der Waals surface area contributed by atoms with Crippen LogP contribution in [0, 0.1) is 11.3 Å². The Labute approximate surface area is 90.0 Å². The van der Waals surface area contributed by atoms with Crippen molar-refractivity contribution in [1.82, 2.24) is 0 Å². The summed E-state index contributed by atoms with van der Waals surface area (Å²) in [5.74, 6) is -1.45. The number of carbonyl (C=O) groups excluding carboxylic acids is 1. The summed E-state index contributed by atoms with van der Waals surface area (Å²) in [5, 5.41) is 7.01. The highest BCUT2D eigenvalue weighted by molar-refractivity contribution is 7.92. The topological polar surface area (TPSA) is 84.2 Å². The van der Waals surface area contributed by atoms with Crippen LogP contribution >= 0.6 is 0 Å². The average molecular weight is 233 g/mol. The number of rotatable bonds is 5. The summed E-state index contributed by atoms with van der Waals surface area (Å²) in [6, 6.07) is 1.52. The third-order valence-corrected chi connectivity index (χ3v) is 3.83. The molecule has 0 radical (unpaired) electrons. The molecule has 0 amide bonds. The van der Waals surface area contributed by atoms with Crippen LogP contribution in [-0.2, 0) is 19.4 Å². The molecule has 15 heavy (non-hydrogen) atoms. The zero-order valence-corrected chi connectivity index (χ0v) is 9.87. The Morgan fingerprint density at radius 3 is 2.40 bits per heavy atom. The van der Waals surface area contributed by atoms with Crippen molar-refractivity contribution in [1.29, 1.82) is 5.26 Å². The molecular formula is C9H15NO4S. The van der Waals surface area contributed by atoms with E-state index in [1.165, 1.54) is 13.0 Å². The van der Waals surface area contributed by atoms with Crippen LogP contribution in [0.4, 0.5) is 0 Å². The first-order chi connectivity index (χ1) is 6.85. The van der Waals surface area contributed by atoms with E-state index in [2.05, 4.69) is 0 Å². The number of nitrogens with zero attached hydrogens (tertiary/aromatic N) is 1. The van der Waals surface area contributed by atoms with Gasteiger partial charge >= 0.3 is 5.97 Å². The molecular weight excluding hydrogens is 218 g/mol. The van der Waals surface area contributed by atoms with E-state index in [0.717, 1.165) is 0 Å². The van der Waals surface area contributed by atoms with Crippen molar-refractivity contribution in [2.75, 3.05) is 5.75 Å². The van der Waals surface area contributed by atoms with Gasteiger partial charge in [-0.3, -0.25) is 4.79 Å². The third kappa shape index (κ3) is 4.30. The van der Waals surface area contributed by atoms with Crippen molar-refractivity contribution in [3.05, 3.63) is 0 Å². The van der Waals surface area contributed by atoms with Crippen LogP contribution in [0.15, 0.2) is 0 Å². The summed E-state index contributed by atoms with van der Waals surface area (Å²) < 4.78 is 27.5. The van der Waals surface area contributed by atoms with Gasteiger partial charge in [-0.15, -0.1) is 0 Å². The highest BCUT2D eigenvalue weighted by atomic mass is 32.2. The summed E-state index contributed by atoms with van der Waals surface area (Å²) >= 11 is 0. The lowest BCUT2D eigenvalue weighted by Gasteiger charge is -2.14. The fourth-order valence-corrected chi connectivity index (χ4v) is 1.52. The maximum absolute atomic E-state index is 11.3. The van der Waals surface area contributed by atoms with E-state index in [9.17, 15) is 13.2 Å². The number of carbonyl (C=O) groups is 1. The monoisotopic (exact) mass is 233 g/mol. The van der Waals surface area contributed by atoms with E-state index in [0.29, 0.717) is 6.42 Å². The standard InChI is InChI=1S/C9H15NO4S/c1-4-7(2)14-9(11)8(3)15(12,13)6-5-10/h7-8H,4,6H2,1-3H3. The highest BCUT2D eigenvalue weighted by Gasteiger charge is 2.29. The molecule has 0 aliphatic heterocycles. The minimum atomic E-state index is -3.70. The van der Waals surface area contributed by atoms with Gasteiger partial charge in [-0.1, -0.05) is 6.92 Å². The van der Waals surface area contributed by atoms with Crippen molar-refractivity contribution in [3.8, 4) is 6.07 Å². The van der Waals surface area contributed by atoms with Crippen LogP contribution in [0.25, 0.3) is 0 Å². The fraction of sp³-hybridized carbons (Fsp3) is 0.778. The lowest BCUT2D eigenvalue weighted by atomic mass is 10.3. The van der Waals surface area contributed by atoms with E-state index in [1.54, 1.807) is 6.92 Å². The summed E-state index contributed by atoms with van der Waals surface area (Å²) in [5.41, 5.74) is 0. The second-order valence-electron chi connectivity index (χ2n) is 3.26. The van der Waals surface area contributed by atoms with Gasteiger partial charge in [0.05, 0.1) is 12.2 Å². The van der Waals surface area contributed by atoms with E-state index in [1.807, 2.05) is 6.92 Å². The molecule has 0 bridgehead atoms. The molecule has 2 unspecified atom stereocenters. The van der Waals surface area contributed by atoms with Crippen LogP contribution in [0.5, 0.6) is 0 Å². The Balaban J connectivity index is 4.53. The maximum atomic E-state index is 11.3. The Morgan fingerprint density at radius 2 is 2.00 bits per heavy atom. The Kier molecular flexibility index (Phi) is 5.29. The van der Waals surface area contributed by atoms with Crippen molar-refractivity contribution in [2.24, 2.45) is 0 Å². The largest absolute Gasteiger partial charge is 0.462 e. The molecule has 0 saturated heterocycles. The molecule has 0 aromatic heterocycles. The first-order valence-electron chi connectivity index (χ1n) is 4.64. The number of hydrogen-bond donors (Lipinski definition) is 0. The lowest BCUT2D eigenvalue weighted by Crippen LogP contribution is -2.32. The smallest absolute Gasteiger partial charge is 0.324 e. The Bertz CT molecular complexity index is 355. The number of ether oxygens (including phenoxy) is 1. The normalized spacial score (nSPS) is 15.1. The van der Waals surface area contributed by atoms with Crippen LogP contribution in [0.2, 0.25) is 0 Å². The number of nitriles is 1. The van der Waals surface area contributed by atoms with Gasteiger partial charge in [0.2, 0.25) is 0 Å². The summed E-state index contributed by atoms with van der Waals surface area (Å²) in [6.07, 6.45) is 0.314. The number of esters is 1. The first kappa shape index (κ1) is 13.9. The van der Waals surface area contributed by atoms with Gasteiger partial charge in [-0.05, 0) is 20.3 Å². The third-order valence-electron chi connectivity index (χ3n) is 2.03. The predicted molar refractivity (Wildman–Crippen MR) is 54.7 cm³/mol. The SMILES string of the molecule is CCC(C)OC(=O)C(C)S(=O)(=O)CC#N. The molecule has 0 saturated carbocycles. The van der Waals surface area contributed by atoms with Gasteiger partial charge in [-0.2, -0.15) is 5.26 Å². The predicted octanol–water partition coefficient (Wildman–Crippen LogP) is 0.655. The molecule has 0 aromatic carbocycles. The lowest BCUT2D eigenvalue weighted by molar-refractivity contribution is -0.147. The van der Waals surface area contributed by atoms with E-state index in [4.69, 9.17) is 10.00 Å². The molecule has 0 fully saturated rings. The minimum absolute atomic E-state index is 0.308. The molecule has 0 aromatic rings. The average Bonchev–Trinajstić information content (AvgIpc) is 2.16. The zero-order chi connectivity index (χ0) is 12.1. The van der Waals surface area contributed by atoms with Crippen molar-refractivity contribution >= 4 is 15.8 Å².